The highest BCUT2D eigenvalue weighted by Gasteiger charge is 2.16. The largest absolute Gasteiger partial charge is 0.493 e. The topological polar surface area (TPSA) is 77.6 Å². The molecule has 0 unspecified atom stereocenters. The molecule has 6 nitrogen and oxygen atoms in total. The van der Waals surface area contributed by atoms with Gasteiger partial charge < -0.3 is 19.2 Å². The number of rotatable bonds is 5. The van der Waals surface area contributed by atoms with Gasteiger partial charge in [0.1, 0.15) is 5.56 Å². The van der Waals surface area contributed by atoms with Gasteiger partial charge in [-0.05, 0) is 19.9 Å². The number of aromatic amines is 1. The van der Waals surface area contributed by atoms with E-state index >= 15 is 0 Å². The van der Waals surface area contributed by atoms with E-state index in [1.54, 1.807) is 19.1 Å². The molecule has 0 bridgehead atoms. The van der Waals surface area contributed by atoms with E-state index < -0.39 is 11.4 Å². The molecule has 0 aliphatic carbocycles. The summed E-state index contributed by atoms with van der Waals surface area (Å²) in [7, 11) is 1.49. The average Bonchev–Trinajstić information content (AvgIpc) is 2.47. The van der Waals surface area contributed by atoms with Gasteiger partial charge in [-0.1, -0.05) is 0 Å². The van der Waals surface area contributed by atoms with Crippen LogP contribution in [-0.4, -0.2) is 31.3 Å². The summed E-state index contributed by atoms with van der Waals surface area (Å²) in [6.07, 6.45) is 1.35. The zero-order chi connectivity index (χ0) is 15.4. The minimum absolute atomic E-state index is 0.0319. The Labute approximate surface area is 121 Å². The molecule has 1 aromatic heterocycles. The van der Waals surface area contributed by atoms with E-state index in [1.807, 2.05) is 6.92 Å². The molecular weight excluding hydrogens is 274 g/mol. The third-order valence-electron chi connectivity index (χ3n) is 2.96. The van der Waals surface area contributed by atoms with Crippen LogP contribution in [0.1, 0.15) is 24.2 Å². The maximum Gasteiger partial charge on any atom is 0.343 e. The Bertz CT molecular complexity index is 720. The number of H-pyrrole nitrogens is 1. The van der Waals surface area contributed by atoms with Crippen LogP contribution in [0.4, 0.5) is 0 Å². The second kappa shape index (κ2) is 6.30. The van der Waals surface area contributed by atoms with E-state index in [0.29, 0.717) is 29.0 Å². The number of hydrogen-bond acceptors (Lipinski definition) is 5. The molecule has 0 aliphatic heterocycles. The van der Waals surface area contributed by atoms with Crippen molar-refractivity contribution < 1.29 is 19.0 Å². The smallest absolute Gasteiger partial charge is 0.343 e. The first kappa shape index (κ1) is 14.9. The summed E-state index contributed by atoms with van der Waals surface area (Å²) in [6, 6.07) is 3.23. The molecule has 0 saturated heterocycles. The fourth-order valence-electron chi connectivity index (χ4n) is 2.02. The zero-order valence-corrected chi connectivity index (χ0v) is 12.2. The molecule has 21 heavy (non-hydrogen) atoms. The average molecular weight is 291 g/mol. The number of aromatic nitrogens is 1. The second-order valence-corrected chi connectivity index (χ2v) is 4.23. The van der Waals surface area contributed by atoms with E-state index in [4.69, 9.17) is 14.2 Å². The standard InChI is InChI=1S/C15H17NO5/c1-4-20-13-7-11-9(6-12(13)19-3)14(17)10(8-16-11)15(18)21-5-2/h6-8H,4-5H2,1-3H3,(H,16,17). The second-order valence-electron chi connectivity index (χ2n) is 4.23. The van der Waals surface area contributed by atoms with Crippen molar-refractivity contribution in [2.24, 2.45) is 0 Å². The Balaban J connectivity index is 2.62. The van der Waals surface area contributed by atoms with Crippen LogP contribution in [0.15, 0.2) is 23.1 Å². The van der Waals surface area contributed by atoms with Crippen molar-refractivity contribution in [3.8, 4) is 11.5 Å². The monoisotopic (exact) mass is 291 g/mol. The molecule has 112 valence electrons. The highest BCUT2D eigenvalue weighted by atomic mass is 16.5. The lowest BCUT2D eigenvalue weighted by Crippen LogP contribution is -2.18. The molecule has 1 heterocycles. The first-order valence-corrected chi connectivity index (χ1v) is 6.65. The number of hydrogen-bond donors (Lipinski definition) is 1. The number of carbonyl (C=O) groups is 1. The van der Waals surface area contributed by atoms with Crippen LogP contribution in [0.25, 0.3) is 10.9 Å². The summed E-state index contributed by atoms with van der Waals surface area (Å²) < 4.78 is 15.5. The van der Waals surface area contributed by atoms with E-state index in [0.717, 1.165) is 0 Å². The van der Waals surface area contributed by atoms with Crippen molar-refractivity contribution in [2.75, 3.05) is 20.3 Å². The van der Waals surface area contributed by atoms with Gasteiger partial charge in [0.25, 0.3) is 0 Å². The van der Waals surface area contributed by atoms with Gasteiger partial charge >= 0.3 is 5.97 Å². The Kier molecular flexibility index (Phi) is 4.47. The van der Waals surface area contributed by atoms with Gasteiger partial charge in [0, 0.05) is 12.3 Å². The van der Waals surface area contributed by atoms with Crippen LogP contribution in [0.2, 0.25) is 0 Å². The molecule has 0 atom stereocenters. The van der Waals surface area contributed by atoms with Gasteiger partial charge in [0.2, 0.25) is 5.43 Å². The number of pyridine rings is 1. The first-order valence-electron chi connectivity index (χ1n) is 6.65. The first-order chi connectivity index (χ1) is 10.1. The minimum Gasteiger partial charge on any atom is -0.493 e. The highest BCUT2D eigenvalue weighted by molar-refractivity contribution is 5.94. The molecular formula is C15H17NO5. The van der Waals surface area contributed by atoms with Crippen LogP contribution in [0.5, 0.6) is 11.5 Å². The maximum absolute atomic E-state index is 12.4. The van der Waals surface area contributed by atoms with Gasteiger partial charge in [0.15, 0.2) is 11.5 Å². The summed E-state index contributed by atoms with van der Waals surface area (Å²) >= 11 is 0. The van der Waals surface area contributed by atoms with Crippen molar-refractivity contribution in [3.05, 3.63) is 34.1 Å². The summed E-state index contributed by atoms with van der Waals surface area (Å²) in [4.78, 5) is 27.0. The summed E-state index contributed by atoms with van der Waals surface area (Å²) in [5.74, 6) is 0.330. The van der Waals surface area contributed by atoms with Gasteiger partial charge in [0.05, 0.1) is 31.2 Å². The van der Waals surface area contributed by atoms with Crippen molar-refractivity contribution >= 4 is 16.9 Å². The number of benzene rings is 1. The van der Waals surface area contributed by atoms with E-state index in [2.05, 4.69) is 4.98 Å². The Morgan fingerprint density at radius 2 is 1.95 bits per heavy atom. The van der Waals surface area contributed by atoms with Gasteiger partial charge in [-0.3, -0.25) is 4.79 Å². The molecule has 0 saturated carbocycles. The molecule has 2 rings (SSSR count). The van der Waals surface area contributed by atoms with E-state index in [-0.39, 0.29) is 12.2 Å². The number of methoxy groups -OCH3 is 1. The SMILES string of the molecule is CCOC(=O)c1c[nH]c2cc(OCC)c(OC)cc2c1=O. The predicted octanol–water partition coefficient (Wildman–Crippen LogP) is 2.11. The fraction of sp³-hybridized carbons (Fsp3) is 0.333. The van der Waals surface area contributed by atoms with Crippen molar-refractivity contribution in [1.29, 1.82) is 0 Å². The van der Waals surface area contributed by atoms with Crippen molar-refractivity contribution in [3.63, 3.8) is 0 Å². The lowest BCUT2D eigenvalue weighted by Gasteiger charge is -2.11. The summed E-state index contributed by atoms with van der Waals surface area (Å²) in [5.41, 5.74) is 0.136. The van der Waals surface area contributed by atoms with Crippen LogP contribution in [0.3, 0.4) is 0 Å². The zero-order valence-electron chi connectivity index (χ0n) is 12.2. The summed E-state index contributed by atoms with van der Waals surface area (Å²) in [5, 5.41) is 0.348. The van der Waals surface area contributed by atoms with Gasteiger partial charge in [-0.25, -0.2) is 4.79 Å². The Hall–Kier alpha value is -2.50. The highest BCUT2D eigenvalue weighted by Crippen LogP contribution is 2.30. The number of esters is 1. The molecule has 0 radical (unpaired) electrons. The molecule has 0 fully saturated rings. The summed E-state index contributed by atoms with van der Waals surface area (Å²) in [6.45, 7) is 4.23. The molecule has 1 N–H and O–H groups in total. The fourth-order valence-corrected chi connectivity index (χ4v) is 2.02. The molecule has 2 aromatic rings. The number of fused-ring (bicyclic) bond motifs is 1. The number of carbonyl (C=O) groups excluding carboxylic acids is 1. The minimum atomic E-state index is -0.645. The lowest BCUT2D eigenvalue weighted by molar-refractivity contribution is 0.0524. The molecule has 0 amide bonds. The third kappa shape index (κ3) is 2.84. The van der Waals surface area contributed by atoms with Crippen LogP contribution in [-0.2, 0) is 4.74 Å². The number of ether oxygens (including phenoxy) is 3. The van der Waals surface area contributed by atoms with Gasteiger partial charge in [-0.2, -0.15) is 0 Å². The van der Waals surface area contributed by atoms with Gasteiger partial charge in [-0.15, -0.1) is 0 Å². The number of nitrogens with one attached hydrogen (secondary N) is 1. The maximum atomic E-state index is 12.4. The Morgan fingerprint density at radius 3 is 2.57 bits per heavy atom. The predicted molar refractivity (Wildman–Crippen MR) is 78.2 cm³/mol. The molecule has 0 spiro atoms. The third-order valence-corrected chi connectivity index (χ3v) is 2.96. The Morgan fingerprint density at radius 1 is 1.19 bits per heavy atom. The van der Waals surface area contributed by atoms with Crippen molar-refractivity contribution in [1.82, 2.24) is 4.98 Å². The van der Waals surface area contributed by atoms with Crippen LogP contribution >= 0.6 is 0 Å². The molecule has 1 aromatic carbocycles. The van der Waals surface area contributed by atoms with E-state index in [9.17, 15) is 9.59 Å². The van der Waals surface area contributed by atoms with E-state index in [1.165, 1.54) is 13.3 Å². The van der Waals surface area contributed by atoms with Crippen molar-refractivity contribution in [2.45, 2.75) is 13.8 Å². The normalized spacial score (nSPS) is 10.4. The molecule has 6 heteroatoms. The van der Waals surface area contributed by atoms with Crippen LogP contribution < -0.4 is 14.9 Å². The quantitative estimate of drug-likeness (QED) is 0.854. The van der Waals surface area contributed by atoms with Crippen LogP contribution in [0, 0.1) is 0 Å². The molecule has 0 aliphatic rings. The lowest BCUT2D eigenvalue weighted by atomic mass is 10.1.